The zero-order valence-corrected chi connectivity index (χ0v) is 16.7. The Morgan fingerprint density at radius 1 is 1.37 bits per heavy atom. The number of aliphatic hydroxyl groups excluding tert-OH is 2. The summed E-state index contributed by atoms with van der Waals surface area (Å²) >= 11 is 5.90. The summed E-state index contributed by atoms with van der Waals surface area (Å²) < 4.78 is 6.89. The lowest BCUT2D eigenvalue weighted by Crippen LogP contribution is -2.33. The summed E-state index contributed by atoms with van der Waals surface area (Å²) in [5.74, 6) is 0. The zero-order valence-electron chi connectivity index (χ0n) is 13.6. The molecule has 11 nitrogen and oxygen atoms in total. The maximum atomic E-state index is 11.6. The van der Waals surface area contributed by atoms with E-state index < -0.39 is 29.7 Å². The van der Waals surface area contributed by atoms with Crippen molar-refractivity contribution in [2.24, 2.45) is 0 Å². The van der Waals surface area contributed by atoms with Gasteiger partial charge in [-0.05, 0) is 22.6 Å². The molecular weight excluding hydrogens is 491 g/mol. The standard InChI is InChI=1S/C9H11IN2O5.C5H4N4S/c10-4-2-12(9(16)11-8(4)15)7-1-5(14)6(3-13)17-7;10-5-3-4(7-1-6-3)8-2-9-5/h2,5-7,13-14H,1,3H2,(H,11,15,16);1-2H,(H2,6,7,8,9,10)/t5-,6+,7+;/m0./s1. The average molecular weight is 506 g/mol. The van der Waals surface area contributed by atoms with Gasteiger partial charge in [0.15, 0.2) is 5.65 Å². The first-order chi connectivity index (χ1) is 12.9. The van der Waals surface area contributed by atoms with Gasteiger partial charge in [0.25, 0.3) is 5.56 Å². The van der Waals surface area contributed by atoms with Crippen molar-refractivity contribution in [3.8, 4) is 0 Å². The lowest BCUT2D eigenvalue weighted by molar-refractivity contribution is -0.0459. The number of ether oxygens (including phenoxy) is 1. The summed E-state index contributed by atoms with van der Waals surface area (Å²) in [6.07, 6.45) is 2.40. The molecule has 3 aromatic heterocycles. The molecule has 0 saturated carbocycles. The lowest BCUT2D eigenvalue weighted by Gasteiger charge is -2.14. The van der Waals surface area contributed by atoms with Crippen molar-refractivity contribution >= 4 is 46.4 Å². The summed E-state index contributed by atoms with van der Waals surface area (Å²) in [5.41, 5.74) is 0.390. The second-order valence-corrected chi connectivity index (χ2v) is 7.14. The van der Waals surface area contributed by atoms with Crippen LogP contribution in [-0.4, -0.2) is 58.5 Å². The first kappa shape index (κ1) is 19.9. The molecule has 4 rings (SSSR count). The fourth-order valence-electron chi connectivity index (χ4n) is 2.48. The Morgan fingerprint density at radius 2 is 2.15 bits per heavy atom. The van der Waals surface area contributed by atoms with Crippen LogP contribution in [0.2, 0.25) is 0 Å². The van der Waals surface area contributed by atoms with Gasteiger partial charge in [-0.1, -0.05) is 0 Å². The van der Waals surface area contributed by atoms with E-state index in [2.05, 4.69) is 37.5 Å². The first-order valence-electron chi connectivity index (χ1n) is 7.69. The molecule has 1 saturated heterocycles. The van der Waals surface area contributed by atoms with Crippen LogP contribution < -0.4 is 11.2 Å². The van der Waals surface area contributed by atoms with Crippen molar-refractivity contribution in [3.05, 3.63) is 43.3 Å². The van der Waals surface area contributed by atoms with Gasteiger partial charge in [0, 0.05) is 12.6 Å². The number of aromatic nitrogens is 6. The molecule has 0 unspecified atom stereocenters. The fourth-order valence-corrected chi connectivity index (χ4v) is 3.13. The highest BCUT2D eigenvalue weighted by atomic mass is 127. The van der Waals surface area contributed by atoms with Gasteiger partial charge in [0.05, 0.1) is 22.6 Å². The van der Waals surface area contributed by atoms with Crippen LogP contribution in [0.4, 0.5) is 0 Å². The summed E-state index contributed by atoms with van der Waals surface area (Å²) in [5, 5.41) is 19.1. The molecule has 13 heteroatoms. The van der Waals surface area contributed by atoms with Crippen molar-refractivity contribution in [1.82, 2.24) is 29.5 Å². The minimum Gasteiger partial charge on any atom is -0.394 e. The monoisotopic (exact) mass is 506 g/mol. The van der Waals surface area contributed by atoms with Crippen LogP contribution in [0.1, 0.15) is 12.6 Å². The summed E-state index contributed by atoms with van der Waals surface area (Å²) in [4.78, 5) is 39.5. The Labute approximate surface area is 170 Å². The molecule has 4 N–H and O–H groups in total. The van der Waals surface area contributed by atoms with Crippen LogP contribution in [0.3, 0.4) is 0 Å². The van der Waals surface area contributed by atoms with Crippen LogP contribution in [-0.2, 0) is 4.74 Å². The van der Waals surface area contributed by atoms with Gasteiger partial charge in [0.1, 0.15) is 29.2 Å². The largest absolute Gasteiger partial charge is 0.394 e. The van der Waals surface area contributed by atoms with E-state index in [9.17, 15) is 14.7 Å². The topological polar surface area (TPSA) is 159 Å². The minimum atomic E-state index is -0.818. The van der Waals surface area contributed by atoms with Crippen LogP contribution in [0.25, 0.3) is 11.2 Å². The number of hydrogen-bond acceptors (Lipinski definition) is 9. The molecule has 3 aromatic rings. The summed E-state index contributed by atoms with van der Waals surface area (Å²) in [6.45, 7) is -0.313. The molecule has 0 radical (unpaired) electrons. The zero-order chi connectivity index (χ0) is 19.6. The molecule has 144 valence electrons. The molecule has 27 heavy (non-hydrogen) atoms. The Bertz CT molecular complexity index is 1050. The molecule has 1 fully saturated rings. The van der Waals surface area contributed by atoms with Crippen molar-refractivity contribution in [2.75, 3.05) is 6.61 Å². The Morgan fingerprint density at radius 3 is 2.81 bits per heavy atom. The van der Waals surface area contributed by atoms with Gasteiger partial charge in [-0.3, -0.25) is 14.3 Å². The quantitative estimate of drug-likeness (QED) is 0.176. The summed E-state index contributed by atoms with van der Waals surface area (Å²) in [7, 11) is 0. The summed E-state index contributed by atoms with van der Waals surface area (Å²) in [6, 6.07) is 0. The number of fused-ring (bicyclic) bond motifs is 1. The molecule has 3 atom stereocenters. The number of rotatable bonds is 2. The maximum Gasteiger partial charge on any atom is 0.330 e. The third-order valence-corrected chi connectivity index (χ3v) is 4.93. The van der Waals surface area contributed by atoms with Gasteiger partial charge in [-0.15, -0.1) is 12.6 Å². The predicted octanol–water partition coefficient (Wildman–Crippen LogP) is -0.577. The van der Waals surface area contributed by atoms with E-state index in [1.54, 1.807) is 28.9 Å². The molecule has 4 heterocycles. The maximum absolute atomic E-state index is 11.6. The van der Waals surface area contributed by atoms with Gasteiger partial charge in [0.2, 0.25) is 0 Å². The predicted molar refractivity (Wildman–Crippen MR) is 105 cm³/mol. The van der Waals surface area contributed by atoms with Crippen LogP contribution in [0, 0.1) is 3.57 Å². The third kappa shape index (κ3) is 4.37. The number of halogens is 1. The first-order valence-corrected chi connectivity index (χ1v) is 9.21. The van der Waals surface area contributed by atoms with E-state index in [1.807, 2.05) is 0 Å². The highest BCUT2D eigenvalue weighted by molar-refractivity contribution is 14.1. The van der Waals surface area contributed by atoms with Crippen LogP contribution >= 0.6 is 35.2 Å². The number of nitrogens with one attached hydrogen (secondary N) is 2. The number of aromatic amines is 2. The number of aliphatic hydroxyl groups is 2. The SMILES string of the molecule is O=c1[nH]c(=O)n([C@H]2C[C@H](O)[C@@H](CO)O2)cc1I.Sc1ncnc2nc[nH]c12. The highest BCUT2D eigenvalue weighted by Crippen LogP contribution is 2.27. The van der Waals surface area contributed by atoms with E-state index in [4.69, 9.17) is 9.84 Å². The van der Waals surface area contributed by atoms with Crippen molar-refractivity contribution in [3.63, 3.8) is 0 Å². The molecule has 0 bridgehead atoms. The number of hydrogen-bond donors (Lipinski definition) is 5. The molecular formula is C14H15IN6O5S. The van der Waals surface area contributed by atoms with Crippen LogP contribution in [0.5, 0.6) is 0 Å². The van der Waals surface area contributed by atoms with Gasteiger partial charge < -0.3 is 19.9 Å². The minimum absolute atomic E-state index is 0.202. The Balaban J connectivity index is 0.000000177. The van der Waals surface area contributed by atoms with Crippen molar-refractivity contribution < 1.29 is 14.9 Å². The third-order valence-electron chi connectivity index (χ3n) is 3.82. The second kappa shape index (κ2) is 8.47. The highest BCUT2D eigenvalue weighted by Gasteiger charge is 2.35. The van der Waals surface area contributed by atoms with Crippen LogP contribution in [0.15, 0.2) is 33.5 Å². The van der Waals surface area contributed by atoms with Gasteiger partial charge >= 0.3 is 5.69 Å². The number of imidazole rings is 1. The second-order valence-electron chi connectivity index (χ2n) is 5.56. The molecule has 0 aromatic carbocycles. The molecule has 0 spiro atoms. The molecule has 0 aliphatic carbocycles. The Hall–Kier alpha value is -1.81. The normalized spacial score (nSPS) is 21.9. The number of thiol groups is 1. The fraction of sp³-hybridized carbons (Fsp3) is 0.357. The van der Waals surface area contributed by atoms with E-state index in [-0.39, 0.29) is 13.0 Å². The molecule has 0 amide bonds. The van der Waals surface area contributed by atoms with Crippen molar-refractivity contribution in [2.45, 2.75) is 29.9 Å². The van der Waals surface area contributed by atoms with Crippen molar-refractivity contribution in [1.29, 1.82) is 0 Å². The lowest BCUT2D eigenvalue weighted by atomic mass is 10.2. The van der Waals surface area contributed by atoms with Gasteiger partial charge in [-0.2, -0.15) is 0 Å². The molecule has 1 aliphatic heterocycles. The van der Waals surface area contributed by atoms with E-state index in [0.29, 0.717) is 14.2 Å². The van der Waals surface area contributed by atoms with E-state index >= 15 is 0 Å². The average Bonchev–Trinajstić information content (AvgIpc) is 3.26. The smallest absolute Gasteiger partial charge is 0.330 e. The Kier molecular flexibility index (Phi) is 6.25. The molecule has 1 aliphatic rings. The van der Waals surface area contributed by atoms with E-state index in [0.717, 1.165) is 5.52 Å². The number of H-pyrrole nitrogens is 2. The van der Waals surface area contributed by atoms with Gasteiger partial charge in [-0.25, -0.2) is 19.7 Å². The number of nitrogens with zero attached hydrogens (tertiary/aromatic N) is 4. The van der Waals surface area contributed by atoms with E-state index in [1.165, 1.54) is 17.1 Å².